The molecule has 21 heavy (non-hydrogen) atoms. The molecule has 0 atom stereocenters. The number of fused-ring (bicyclic) bond motifs is 1. The Balaban J connectivity index is 1.67. The standard InChI is InChI=1S/C14H17N5OS/c1-9-11-6-12(21-14(11)19(3)17-9)13(20)16-5-4-10-7-15-8-18(10)2/h6-8H,4-5H2,1-3H3,(H,16,20). The summed E-state index contributed by atoms with van der Waals surface area (Å²) in [6.07, 6.45) is 4.35. The Bertz CT molecular complexity index is 763. The average molecular weight is 303 g/mol. The predicted molar refractivity (Wildman–Crippen MR) is 82.6 cm³/mol. The number of nitrogens with zero attached hydrogens (tertiary/aromatic N) is 4. The maximum absolute atomic E-state index is 12.2. The molecule has 1 N–H and O–H groups in total. The van der Waals surface area contributed by atoms with Crippen LogP contribution in [0.4, 0.5) is 0 Å². The predicted octanol–water partition coefficient (Wildman–Crippen LogP) is 1.65. The molecule has 0 fully saturated rings. The SMILES string of the molecule is Cc1nn(C)c2sc(C(=O)NCCc3cncn3C)cc12. The lowest BCUT2D eigenvalue weighted by Gasteiger charge is -2.04. The molecule has 0 bridgehead atoms. The van der Waals surface area contributed by atoms with Crippen LogP contribution < -0.4 is 5.32 Å². The van der Waals surface area contributed by atoms with E-state index in [2.05, 4.69) is 15.4 Å². The van der Waals surface area contributed by atoms with E-state index >= 15 is 0 Å². The van der Waals surface area contributed by atoms with Gasteiger partial charge in [0.15, 0.2) is 0 Å². The van der Waals surface area contributed by atoms with Gasteiger partial charge in [0.05, 0.1) is 16.9 Å². The van der Waals surface area contributed by atoms with E-state index in [0.29, 0.717) is 6.54 Å². The molecule has 0 radical (unpaired) electrons. The molecule has 7 heteroatoms. The van der Waals surface area contributed by atoms with Gasteiger partial charge in [0.2, 0.25) is 0 Å². The van der Waals surface area contributed by atoms with Gasteiger partial charge >= 0.3 is 0 Å². The van der Waals surface area contributed by atoms with Crippen LogP contribution >= 0.6 is 11.3 Å². The number of aromatic nitrogens is 4. The second-order valence-electron chi connectivity index (χ2n) is 5.04. The number of aryl methyl sites for hydroxylation is 3. The second-order valence-corrected chi connectivity index (χ2v) is 6.07. The minimum Gasteiger partial charge on any atom is -0.351 e. The highest BCUT2D eigenvalue weighted by Crippen LogP contribution is 2.27. The van der Waals surface area contributed by atoms with Gasteiger partial charge in [-0.25, -0.2) is 4.98 Å². The molecule has 0 saturated heterocycles. The van der Waals surface area contributed by atoms with Crippen LogP contribution in [0.2, 0.25) is 0 Å². The molecular weight excluding hydrogens is 286 g/mol. The summed E-state index contributed by atoms with van der Waals surface area (Å²) in [4.78, 5) is 18.0. The van der Waals surface area contributed by atoms with Crippen LogP contribution in [0.5, 0.6) is 0 Å². The Morgan fingerprint density at radius 1 is 1.43 bits per heavy atom. The van der Waals surface area contributed by atoms with Gasteiger partial charge in [0.1, 0.15) is 4.83 Å². The number of carbonyl (C=O) groups excluding carboxylic acids is 1. The minimum absolute atomic E-state index is 0.0298. The summed E-state index contributed by atoms with van der Waals surface area (Å²) >= 11 is 1.47. The van der Waals surface area contributed by atoms with Crippen molar-refractivity contribution in [2.45, 2.75) is 13.3 Å². The van der Waals surface area contributed by atoms with Crippen molar-refractivity contribution >= 4 is 27.5 Å². The molecule has 0 aliphatic carbocycles. The van der Waals surface area contributed by atoms with Gasteiger partial charge < -0.3 is 9.88 Å². The fourth-order valence-corrected chi connectivity index (χ4v) is 3.37. The van der Waals surface area contributed by atoms with Crippen molar-refractivity contribution < 1.29 is 4.79 Å². The Kier molecular flexibility index (Phi) is 3.50. The smallest absolute Gasteiger partial charge is 0.261 e. The summed E-state index contributed by atoms with van der Waals surface area (Å²) in [6, 6.07) is 1.92. The van der Waals surface area contributed by atoms with Gasteiger partial charge in [0.25, 0.3) is 5.91 Å². The van der Waals surface area contributed by atoms with Crippen LogP contribution in [-0.4, -0.2) is 31.8 Å². The number of carbonyl (C=O) groups is 1. The lowest BCUT2D eigenvalue weighted by molar-refractivity contribution is 0.0958. The highest BCUT2D eigenvalue weighted by atomic mass is 32.1. The van der Waals surface area contributed by atoms with Crippen LogP contribution in [0, 0.1) is 6.92 Å². The molecular formula is C14H17N5OS. The minimum atomic E-state index is -0.0298. The van der Waals surface area contributed by atoms with Crippen LogP contribution in [-0.2, 0) is 20.5 Å². The van der Waals surface area contributed by atoms with Crippen molar-refractivity contribution in [2.24, 2.45) is 14.1 Å². The monoisotopic (exact) mass is 303 g/mol. The van der Waals surface area contributed by atoms with Crippen molar-refractivity contribution in [3.63, 3.8) is 0 Å². The van der Waals surface area contributed by atoms with Gasteiger partial charge in [-0.15, -0.1) is 11.3 Å². The van der Waals surface area contributed by atoms with Crippen LogP contribution in [0.3, 0.4) is 0 Å². The lowest BCUT2D eigenvalue weighted by Crippen LogP contribution is -2.25. The van der Waals surface area contributed by atoms with Crippen molar-refractivity contribution in [2.75, 3.05) is 6.54 Å². The number of nitrogens with one attached hydrogen (secondary N) is 1. The molecule has 6 nitrogen and oxygen atoms in total. The van der Waals surface area contributed by atoms with Crippen molar-refractivity contribution in [1.82, 2.24) is 24.6 Å². The van der Waals surface area contributed by atoms with Crippen molar-refractivity contribution in [3.05, 3.63) is 34.9 Å². The Hall–Kier alpha value is -2.15. The van der Waals surface area contributed by atoms with E-state index in [-0.39, 0.29) is 5.91 Å². The summed E-state index contributed by atoms with van der Waals surface area (Å²) in [5, 5.41) is 8.35. The van der Waals surface area contributed by atoms with Crippen LogP contribution in [0.1, 0.15) is 21.1 Å². The number of amides is 1. The molecule has 3 heterocycles. The van der Waals surface area contributed by atoms with Gasteiger partial charge in [-0.1, -0.05) is 0 Å². The normalized spacial score (nSPS) is 11.2. The van der Waals surface area contributed by atoms with E-state index in [1.807, 2.05) is 42.5 Å². The summed E-state index contributed by atoms with van der Waals surface area (Å²) in [6.45, 7) is 2.56. The molecule has 0 aliphatic heterocycles. The lowest BCUT2D eigenvalue weighted by atomic mass is 10.3. The largest absolute Gasteiger partial charge is 0.351 e. The van der Waals surface area contributed by atoms with Gasteiger partial charge in [-0.3, -0.25) is 9.48 Å². The van der Waals surface area contributed by atoms with Crippen LogP contribution in [0.15, 0.2) is 18.6 Å². The fraction of sp³-hybridized carbons (Fsp3) is 0.357. The first-order valence-corrected chi connectivity index (χ1v) is 7.54. The number of hydrogen-bond donors (Lipinski definition) is 1. The summed E-state index contributed by atoms with van der Waals surface area (Å²) < 4.78 is 3.78. The third kappa shape index (κ3) is 2.56. The molecule has 0 unspecified atom stereocenters. The zero-order valence-electron chi connectivity index (χ0n) is 12.3. The van der Waals surface area contributed by atoms with E-state index in [1.165, 1.54) is 11.3 Å². The first kappa shape index (κ1) is 13.8. The van der Waals surface area contributed by atoms with E-state index < -0.39 is 0 Å². The zero-order chi connectivity index (χ0) is 15.0. The second kappa shape index (κ2) is 5.33. The Morgan fingerprint density at radius 2 is 2.24 bits per heavy atom. The van der Waals surface area contributed by atoms with E-state index in [1.54, 1.807) is 6.33 Å². The molecule has 3 rings (SSSR count). The molecule has 0 saturated carbocycles. The van der Waals surface area contributed by atoms with Gasteiger partial charge in [-0.2, -0.15) is 5.10 Å². The van der Waals surface area contributed by atoms with Crippen molar-refractivity contribution in [1.29, 1.82) is 0 Å². The Labute approximate surface area is 126 Å². The third-order valence-corrected chi connectivity index (χ3v) is 4.70. The van der Waals surface area contributed by atoms with Gasteiger partial charge in [0, 0.05) is 44.3 Å². The highest BCUT2D eigenvalue weighted by Gasteiger charge is 2.14. The Morgan fingerprint density at radius 3 is 2.90 bits per heavy atom. The van der Waals surface area contributed by atoms with Gasteiger partial charge in [-0.05, 0) is 13.0 Å². The number of imidazole rings is 1. The number of hydrogen-bond acceptors (Lipinski definition) is 4. The van der Waals surface area contributed by atoms with Crippen molar-refractivity contribution in [3.8, 4) is 0 Å². The third-order valence-electron chi connectivity index (χ3n) is 3.50. The van der Waals surface area contributed by atoms with E-state index in [9.17, 15) is 4.79 Å². The first-order valence-electron chi connectivity index (χ1n) is 6.73. The maximum Gasteiger partial charge on any atom is 0.261 e. The molecule has 0 aliphatic rings. The molecule has 110 valence electrons. The molecule has 3 aromatic heterocycles. The summed E-state index contributed by atoms with van der Waals surface area (Å²) in [5.41, 5.74) is 2.06. The molecule has 0 spiro atoms. The van der Waals surface area contributed by atoms with Crippen LogP contribution in [0.25, 0.3) is 10.2 Å². The zero-order valence-corrected chi connectivity index (χ0v) is 13.1. The fourth-order valence-electron chi connectivity index (χ4n) is 2.33. The molecule has 0 aromatic carbocycles. The van der Waals surface area contributed by atoms with E-state index in [0.717, 1.165) is 32.9 Å². The quantitative estimate of drug-likeness (QED) is 0.797. The average Bonchev–Trinajstić information content (AvgIpc) is 3.10. The highest BCUT2D eigenvalue weighted by molar-refractivity contribution is 7.20. The molecule has 1 amide bonds. The number of rotatable bonds is 4. The summed E-state index contributed by atoms with van der Waals surface area (Å²) in [7, 11) is 3.85. The number of thiophene rings is 1. The maximum atomic E-state index is 12.2. The molecule has 3 aromatic rings. The van der Waals surface area contributed by atoms with E-state index in [4.69, 9.17) is 0 Å². The topological polar surface area (TPSA) is 64.7 Å². The summed E-state index contributed by atoms with van der Waals surface area (Å²) in [5.74, 6) is -0.0298. The first-order chi connectivity index (χ1) is 10.1.